The molecule has 1 N–H and O–H groups in total. The summed E-state index contributed by atoms with van der Waals surface area (Å²) in [6, 6.07) is 12.0. The highest BCUT2D eigenvalue weighted by molar-refractivity contribution is 14.1. The summed E-state index contributed by atoms with van der Waals surface area (Å²) >= 11 is 4.00. The van der Waals surface area contributed by atoms with E-state index in [1.54, 1.807) is 36.4 Å². The van der Waals surface area contributed by atoms with Gasteiger partial charge in [0.1, 0.15) is 11.5 Å². The van der Waals surface area contributed by atoms with Crippen LogP contribution in [0.2, 0.25) is 0 Å². The Bertz CT molecular complexity index is 582. The lowest BCUT2D eigenvalue weighted by molar-refractivity contribution is 0.0733. The third-order valence-electron chi connectivity index (χ3n) is 2.21. The lowest BCUT2D eigenvalue weighted by Gasteiger charge is -2.08. The van der Waals surface area contributed by atoms with Crippen LogP contribution in [-0.4, -0.2) is 11.1 Å². The van der Waals surface area contributed by atoms with Gasteiger partial charge in [-0.15, -0.1) is 0 Å². The van der Waals surface area contributed by atoms with Crippen LogP contribution >= 0.6 is 45.2 Å². The number of hydrogen-bond acceptors (Lipinski definition) is 3. The predicted molar refractivity (Wildman–Crippen MR) is 84.9 cm³/mol. The van der Waals surface area contributed by atoms with E-state index in [1.165, 1.54) is 0 Å². The van der Waals surface area contributed by atoms with E-state index >= 15 is 0 Å². The average Bonchev–Trinajstić information content (AvgIpc) is 2.37. The topological polar surface area (TPSA) is 46.5 Å². The highest BCUT2D eigenvalue weighted by Crippen LogP contribution is 2.30. The monoisotopic (exact) mass is 466 g/mol. The van der Waals surface area contributed by atoms with Gasteiger partial charge in [-0.1, -0.05) is 18.2 Å². The first-order valence-electron chi connectivity index (χ1n) is 5.03. The molecule has 0 aliphatic carbocycles. The summed E-state index contributed by atoms with van der Waals surface area (Å²) in [5.41, 5.74) is 0.497. The Morgan fingerprint density at radius 3 is 2.39 bits per heavy atom. The molecule has 0 fully saturated rings. The molecule has 3 nitrogen and oxygen atoms in total. The van der Waals surface area contributed by atoms with Crippen molar-refractivity contribution in [1.29, 1.82) is 0 Å². The number of aromatic hydroxyl groups is 1. The van der Waals surface area contributed by atoms with Crippen LogP contribution in [0.15, 0.2) is 42.5 Å². The van der Waals surface area contributed by atoms with Crippen LogP contribution in [0.4, 0.5) is 0 Å². The highest BCUT2D eigenvalue weighted by Gasteiger charge is 2.12. The van der Waals surface area contributed by atoms with E-state index < -0.39 is 5.97 Å². The number of rotatable bonds is 2. The third kappa shape index (κ3) is 3.14. The second-order valence-electron chi connectivity index (χ2n) is 3.49. The molecule has 0 aliphatic heterocycles. The summed E-state index contributed by atoms with van der Waals surface area (Å²) in [4.78, 5) is 11.9. The molecule has 18 heavy (non-hydrogen) atoms. The predicted octanol–water partition coefficient (Wildman–Crippen LogP) is 3.82. The quantitative estimate of drug-likeness (QED) is 0.416. The first-order valence-corrected chi connectivity index (χ1v) is 7.19. The minimum atomic E-state index is -0.407. The van der Waals surface area contributed by atoms with Crippen molar-refractivity contribution in [3.63, 3.8) is 0 Å². The van der Waals surface area contributed by atoms with Gasteiger partial charge in [-0.05, 0) is 69.4 Å². The van der Waals surface area contributed by atoms with Gasteiger partial charge in [-0.3, -0.25) is 0 Å². The van der Waals surface area contributed by atoms with E-state index in [-0.39, 0.29) is 5.75 Å². The number of hydrogen-bond donors (Lipinski definition) is 1. The van der Waals surface area contributed by atoms with Crippen LogP contribution in [0.3, 0.4) is 0 Å². The number of phenols is 1. The molecule has 0 amide bonds. The standard InChI is InChI=1S/C13H8I2O3/c14-9-7-12(10(15)6-11(9)16)18-13(17)8-4-2-1-3-5-8/h1-7,16H. The van der Waals surface area contributed by atoms with Crippen molar-refractivity contribution in [3.05, 3.63) is 55.2 Å². The van der Waals surface area contributed by atoms with Gasteiger partial charge in [0.15, 0.2) is 0 Å². The van der Waals surface area contributed by atoms with Crippen molar-refractivity contribution in [2.75, 3.05) is 0 Å². The summed E-state index contributed by atoms with van der Waals surface area (Å²) < 4.78 is 6.64. The van der Waals surface area contributed by atoms with Gasteiger partial charge in [0.05, 0.1) is 12.7 Å². The van der Waals surface area contributed by atoms with E-state index in [0.717, 1.165) is 0 Å². The summed E-state index contributed by atoms with van der Waals surface area (Å²) in [6.07, 6.45) is 0. The largest absolute Gasteiger partial charge is 0.507 e. The van der Waals surface area contributed by atoms with Crippen LogP contribution in [0.25, 0.3) is 0 Å². The molecule has 0 bridgehead atoms. The summed E-state index contributed by atoms with van der Waals surface area (Å²) in [6.45, 7) is 0. The van der Waals surface area contributed by atoms with Crippen LogP contribution in [0, 0.1) is 7.14 Å². The van der Waals surface area contributed by atoms with E-state index in [1.807, 2.05) is 51.2 Å². The van der Waals surface area contributed by atoms with E-state index in [4.69, 9.17) is 4.74 Å². The zero-order chi connectivity index (χ0) is 13.1. The maximum atomic E-state index is 11.9. The van der Waals surface area contributed by atoms with Crippen molar-refractivity contribution >= 4 is 51.2 Å². The molecule has 0 unspecified atom stereocenters. The molecule has 2 rings (SSSR count). The molecule has 0 aliphatic rings. The highest BCUT2D eigenvalue weighted by atomic mass is 127. The van der Waals surface area contributed by atoms with Crippen molar-refractivity contribution in [1.82, 2.24) is 0 Å². The molecular formula is C13H8I2O3. The van der Waals surface area contributed by atoms with Crippen LogP contribution in [-0.2, 0) is 0 Å². The molecule has 0 saturated heterocycles. The summed E-state index contributed by atoms with van der Waals surface area (Å²) in [5, 5.41) is 9.52. The number of benzene rings is 2. The maximum absolute atomic E-state index is 11.9. The molecule has 92 valence electrons. The van der Waals surface area contributed by atoms with Crippen molar-refractivity contribution in [2.24, 2.45) is 0 Å². The number of phenolic OH excluding ortho intramolecular Hbond substituents is 1. The van der Waals surface area contributed by atoms with E-state index in [9.17, 15) is 9.90 Å². The van der Waals surface area contributed by atoms with Crippen molar-refractivity contribution in [2.45, 2.75) is 0 Å². The average molecular weight is 466 g/mol. The Hall–Kier alpha value is -0.830. The van der Waals surface area contributed by atoms with Crippen LogP contribution < -0.4 is 4.74 Å². The number of esters is 1. The number of carbonyl (C=O) groups excluding carboxylic acids is 1. The molecule has 2 aromatic carbocycles. The van der Waals surface area contributed by atoms with Gasteiger partial charge in [0, 0.05) is 0 Å². The fourth-order valence-corrected chi connectivity index (χ4v) is 2.33. The second-order valence-corrected chi connectivity index (χ2v) is 5.81. The Morgan fingerprint density at radius 2 is 1.72 bits per heavy atom. The van der Waals surface area contributed by atoms with Crippen LogP contribution in [0.5, 0.6) is 11.5 Å². The Kier molecular flexibility index (Phi) is 4.44. The third-order valence-corrected chi connectivity index (χ3v) is 3.92. The molecule has 0 atom stereocenters. The second kappa shape index (κ2) is 5.87. The molecule has 0 heterocycles. The molecule has 0 spiro atoms. The number of ether oxygens (including phenoxy) is 1. The minimum absolute atomic E-state index is 0.180. The molecule has 0 aromatic heterocycles. The zero-order valence-corrected chi connectivity index (χ0v) is 13.4. The summed E-state index contributed by atoms with van der Waals surface area (Å²) in [5.74, 6) is 0.223. The lowest BCUT2D eigenvalue weighted by atomic mass is 10.2. The Morgan fingerprint density at radius 1 is 1.06 bits per heavy atom. The molecule has 5 heteroatoms. The van der Waals surface area contributed by atoms with Gasteiger partial charge in [0.25, 0.3) is 0 Å². The minimum Gasteiger partial charge on any atom is -0.507 e. The van der Waals surface area contributed by atoms with Crippen LogP contribution in [0.1, 0.15) is 10.4 Å². The van der Waals surface area contributed by atoms with Gasteiger partial charge >= 0.3 is 5.97 Å². The SMILES string of the molecule is O=C(Oc1cc(I)c(O)cc1I)c1ccccc1. The van der Waals surface area contributed by atoms with Gasteiger partial charge in [-0.2, -0.15) is 0 Å². The maximum Gasteiger partial charge on any atom is 0.343 e. The number of halogens is 2. The Labute approximate surface area is 131 Å². The molecule has 2 aromatic rings. The normalized spacial score (nSPS) is 10.1. The fraction of sp³-hybridized carbons (Fsp3) is 0. The van der Waals surface area contributed by atoms with E-state index in [0.29, 0.717) is 18.5 Å². The van der Waals surface area contributed by atoms with Gasteiger partial charge in [-0.25, -0.2) is 4.79 Å². The first kappa shape index (κ1) is 13.6. The van der Waals surface area contributed by atoms with Crippen molar-refractivity contribution < 1.29 is 14.6 Å². The molecule has 0 saturated carbocycles. The van der Waals surface area contributed by atoms with Gasteiger partial charge in [0.2, 0.25) is 0 Å². The molecule has 0 radical (unpaired) electrons. The summed E-state index contributed by atoms with van der Waals surface area (Å²) in [7, 11) is 0. The molecular weight excluding hydrogens is 458 g/mol. The fourth-order valence-electron chi connectivity index (χ4n) is 1.33. The van der Waals surface area contributed by atoms with Gasteiger partial charge < -0.3 is 9.84 Å². The lowest BCUT2D eigenvalue weighted by Crippen LogP contribution is -2.09. The zero-order valence-electron chi connectivity index (χ0n) is 9.06. The van der Waals surface area contributed by atoms with E-state index in [2.05, 4.69) is 0 Å². The number of carbonyl (C=O) groups is 1. The first-order chi connectivity index (χ1) is 8.58. The van der Waals surface area contributed by atoms with Crippen molar-refractivity contribution in [3.8, 4) is 11.5 Å². The smallest absolute Gasteiger partial charge is 0.343 e. The Balaban J connectivity index is 2.25.